The van der Waals surface area contributed by atoms with E-state index >= 15 is 0 Å². The van der Waals surface area contributed by atoms with Gasteiger partial charge in [0.15, 0.2) is 0 Å². The first-order chi connectivity index (χ1) is 28.1. The standard InChI is InChI=1S/C49H90NO7P/c1-6-8-10-12-14-16-18-20-22-24-25-26-27-29-31-33-35-37-39-41-44-54-46-48(47-56-58(52,53)55-45-43-50(3,4)5)57-49(51)42-40-38-36-34-32-30-28-23-21-19-17-15-13-11-9-7-2/h8,10,14,16,20,22,25-26,29,31,48H,6-7,9,11-13,15,17-19,21,23-24,27-28,30,32-47H2,1-5H3/b10-8-,16-14-,22-20-,26-25-,31-29-. The van der Waals surface area contributed by atoms with Gasteiger partial charge in [0.05, 0.1) is 34.4 Å². The quantitative estimate of drug-likeness (QED) is 0.0198. The number of likely N-dealkylation sites (N-methyl/N-ethyl adjacent to an activating group) is 1. The molecular weight excluding hydrogens is 746 g/mol. The van der Waals surface area contributed by atoms with E-state index in [1.165, 1.54) is 83.5 Å². The van der Waals surface area contributed by atoms with Gasteiger partial charge < -0.3 is 27.9 Å². The molecule has 0 N–H and O–H groups in total. The van der Waals surface area contributed by atoms with E-state index in [0.717, 1.165) is 83.5 Å². The van der Waals surface area contributed by atoms with Crippen molar-refractivity contribution in [3.8, 4) is 0 Å². The predicted octanol–water partition coefficient (Wildman–Crippen LogP) is 13.5. The van der Waals surface area contributed by atoms with E-state index in [-0.39, 0.29) is 25.8 Å². The van der Waals surface area contributed by atoms with Crippen LogP contribution in [0.5, 0.6) is 0 Å². The van der Waals surface area contributed by atoms with Crippen LogP contribution in [0.15, 0.2) is 60.8 Å². The summed E-state index contributed by atoms with van der Waals surface area (Å²) in [5.41, 5.74) is 0. The van der Waals surface area contributed by atoms with Crippen LogP contribution in [-0.2, 0) is 27.9 Å². The normalized spacial score (nSPS) is 14.2. The molecule has 0 aliphatic rings. The van der Waals surface area contributed by atoms with Crippen LogP contribution in [0.4, 0.5) is 0 Å². The number of nitrogens with zero attached hydrogens (tertiary/aromatic N) is 1. The molecule has 2 atom stereocenters. The molecule has 0 bridgehead atoms. The van der Waals surface area contributed by atoms with Crippen molar-refractivity contribution >= 4 is 13.8 Å². The minimum absolute atomic E-state index is 0.0194. The smallest absolute Gasteiger partial charge is 0.306 e. The number of hydrogen-bond donors (Lipinski definition) is 0. The number of esters is 1. The zero-order valence-electron chi connectivity index (χ0n) is 38.2. The molecule has 0 aromatic carbocycles. The Morgan fingerprint density at radius 3 is 1.50 bits per heavy atom. The lowest BCUT2D eigenvalue weighted by molar-refractivity contribution is -0.870. The van der Waals surface area contributed by atoms with E-state index < -0.39 is 13.9 Å². The summed E-state index contributed by atoms with van der Waals surface area (Å²) in [5.74, 6) is -0.343. The minimum Gasteiger partial charge on any atom is -0.756 e. The first kappa shape index (κ1) is 56.2. The van der Waals surface area contributed by atoms with Gasteiger partial charge in [0.1, 0.15) is 19.3 Å². The van der Waals surface area contributed by atoms with Crippen LogP contribution in [0.1, 0.15) is 187 Å². The van der Waals surface area contributed by atoms with Crippen molar-refractivity contribution in [1.29, 1.82) is 0 Å². The molecule has 0 rings (SSSR count). The van der Waals surface area contributed by atoms with Crippen molar-refractivity contribution < 1.29 is 37.3 Å². The van der Waals surface area contributed by atoms with Gasteiger partial charge >= 0.3 is 5.97 Å². The van der Waals surface area contributed by atoms with Crippen molar-refractivity contribution in [3.63, 3.8) is 0 Å². The number of phosphoric acid groups is 1. The lowest BCUT2D eigenvalue weighted by Crippen LogP contribution is -2.37. The van der Waals surface area contributed by atoms with Crippen molar-refractivity contribution in [2.45, 2.75) is 193 Å². The SMILES string of the molecule is CC/C=C\C/C=C\C/C=C\C/C=C\C/C=C\CCCCCCOCC(COP(=O)([O-])OCC[N+](C)(C)C)OC(=O)CCCCCCCCCCCCCCCCCC. The maximum absolute atomic E-state index is 12.7. The molecule has 0 saturated carbocycles. The summed E-state index contributed by atoms with van der Waals surface area (Å²) in [6.45, 7) is 5.24. The molecule has 0 aromatic rings. The fourth-order valence-electron chi connectivity index (χ4n) is 6.22. The van der Waals surface area contributed by atoms with E-state index in [4.69, 9.17) is 18.5 Å². The van der Waals surface area contributed by atoms with Crippen molar-refractivity contribution in [2.24, 2.45) is 0 Å². The second-order valence-electron chi connectivity index (χ2n) is 16.7. The Kier molecular flexibility index (Phi) is 40.6. The molecule has 0 aromatic heterocycles. The average Bonchev–Trinajstić information content (AvgIpc) is 3.18. The molecule has 58 heavy (non-hydrogen) atoms. The zero-order chi connectivity index (χ0) is 42.7. The highest BCUT2D eigenvalue weighted by Crippen LogP contribution is 2.38. The van der Waals surface area contributed by atoms with Crippen molar-refractivity contribution in [2.75, 3.05) is 54.1 Å². The third-order valence-corrected chi connectivity index (χ3v) is 10.8. The van der Waals surface area contributed by atoms with Gasteiger partial charge in [-0.25, -0.2) is 0 Å². The summed E-state index contributed by atoms with van der Waals surface area (Å²) >= 11 is 0. The summed E-state index contributed by atoms with van der Waals surface area (Å²) < 4.78 is 34.6. The highest BCUT2D eigenvalue weighted by atomic mass is 31.2. The van der Waals surface area contributed by atoms with Gasteiger partial charge in [-0.2, -0.15) is 0 Å². The van der Waals surface area contributed by atoms with E-state index in [1.54, 1.807) is 0 Å². The summed E-state index contributed by atoms with van der Waals surface area (Å²) in [4.78, 5) is 25.1. The fraction of sp³-hybridized carbons (Fsp3) is 0.776. The Hall–Kier alpha value is -1.80. The molecule has 0 amide bonds. The Morgan fingerprint density at radius 1 is 0.552 bits per heavy atom. The van der Waals surface area contributed by atoms with Gasteiger partial charge in [-0.05, 0) is 57.8 Å². The Bertz CT molecular complexity index is 1110. The second kappa shape index (κ2) is 41.9. The number of allylic oxidation sites excluding steroid dienone is 10. The number of ether oxygens (including phenoxy) is 2. The number of rotatable bonds is 43. The Balaban J connectivity index is 4.25. The van der Waals surface area contributed by atoms with Crippen molar-refractivity contribution in [1.82, 2.24) is 0 Å². The second-order valence-corrected chi connectivity index (χ2v) is 18.2. The monoisotopic (exact) mass is 836 g/mol. The molecule has 0 fully saturated rings. The number of unbranched alkanes of at least 4 members (excludes halogenated alkanes) is 19. The number of quaternary nitrogens is 1. The topological polar surface area (TPSA) is 94.1 Å². The van der Waals surface area contributed by atoms with Crippen LogP contribution in [0, 0.1) is 0 Å². The van der Waals surface area contributed by atoms with Gasteiger partial charge in [0.25, 0.3) is 7.82 Å². The van der Waals surface area contributed by atoms with E-state index in [1.807, 2.05) is 21.1 Å². The third-order valence-electron chi connectivity index (χ3n) is 9.83. The van der Waals surface area contributed by atoms with Crippen LogP contribution < -0.4 is 4.89 Å². The van der Waals surface area contributed by atoms with Gasteiger partial charge in [0, 0.05) is 13.0 Å². The minimum atomic E-state index is -4.54. The zero-order valence-corrected chi connectivity index (χ0v) is 39.1. The fourth-order valence-corrected chi connectivity index (χ4v) is 6.95. The lowest BCUT2D eigenvalue weighted by Gasteiger charge is -2.28. The highest BCUT2D eigenvalue weighted by Gasteiger charge is 2.20. The predicted molar refractivity (Wildman–Crippen MR) is 245 cm³/mol. The average molecular weight is 836 g/mol. The molecule has 0 aliphatic heterocycles. The number of phosphoric ester groups is 1. The van der Waals surface area contributed by atoms with Gasteiger partial charge in [-0.3, -0.25) is 9.36 Å². The van der Waals surface area contributed by atoms with Crippen LogP contribution in [0.2, 0.25) is 0 Å². The Labute approximate surface area is 358 Å². The molecule has 2 unspecified atom stereocenters. The lowest BCUT2D eigenvalue weighted by atomic mass is 10.0. The number of hydrogen-bond acceptors (Lipinski definition) is 7. The first-order valence-corrected chi connectivity index (χ1v) is 25.0. The molecule has 0 radical (unpaired) electrons. The van der Waals surface area contributed by atoms with Gasteiger partial charge in [-0.15, -0.1) is 0 Å². The summed E-state index contributed by atoms with van der Waals surface area (Å²) in [7, 11) is 1.34. The van der Waals surface area contributed by atoms with E-state index in [9.17, 15) is 14.3 Å². The first-order valence-electron chi connectivity index (χ1n) is 23.5. The maximum Gasteiger partial charge on any atom is 0.306 e. The van der Waals surface area contributed by atoms with E-state index in [2.05, 4.69) is 74.6 Å². The largest absolute Gasteiger partial charge is 0.756 e. The summed E-state index contributed by atoms with van der Waals surface area (Å²) in [6, 6.07) is 0. The molecule has 338 valence electrons. The summed E-state index contributed by atoms with van der Waals surface area (Å²) in [5, 5.41) is 0. The van der Waals surface area contributed by atoms with Crippen LogP contribution in [0.3, 0.4) is 0 Å². The van der Waals surface area contributed by atoms with Crippen LogP contribution in [0.25, 0.3) is 0 Å². The van der Waals surface area contributed by atoms with Crippen LogP contribution in [-0.4, -0.2) is 70.7 Å². The van der Waals surface area contributed by atoms with Gasteiger partial charge in [0.2, 0.25) is 0 Å². The summed E-state index contributed by atoms with van der Waals surface area (Å²) in [6.07, 6.45) is 52.3. The Morgan fingerprint density at radius 2 is 1.00 bits per heavy atom. The molecular formula is C49H90NO7P. The number of carbonyl (C=O) groups excluding carboxylic acids is 1. The van der Waals surface area contributed by atoms with Gasteiger partial charge in [-0.1, -0.05) is 184 Å². The van der Waals surface area contributed by atoms with Crippen LogP contribution >= 0.6 is 7.82 Å². The third kappa shape index (κ3) is 45.3. The number of carbonyl (C=O) groups is 1. The molecule has 0 saturated heterocycles. The molecule has 0 spiro atoms. The molecule has 9 heteroatoms. The molecule has 8 nitrogen and oxygen atoms in total. The molecule has 0 aliphatic carbocycles. The van der Waals surface area contributed by atoms with E-state index in [0.29, 0.717) is 24.1 Å². The molecule has 0 heterocycles. The highest BCUT2D eigenvalue weighted by molar-refractivity contribution is 7.45. The van der Waals surface area contributed by atoms with Crippen molar-refractivity contribution in [3.05, 3.63) is 60.8 Å². The maximum atomic E-state index is 12.7.